The first-order valence-corrected chi connectivity index (χ1v) is 5.99. The molecule has 0 fully saturated rings. The van der Waals surface area contributed by atoms with Crippen LogP contribution in [0.15, 0.2) is 24.5 Å². The number of hydrogen-bond acceptors (Lipinski definition) is 6. The van der Waals surface area contributed by atoms with Gasteiger partial charge in [-0.1, -0.05) is 6.07 Å². The molecule has 9 heteroatoms. The number of aromatic nitrogens is 2. The van der Waals surface area contributed by atoms with Gasteiger partial charge in [0, 0.05) is 6.54 Å². The van der Waals surface area contributed by atoms with Crippen molar-refractivity contribution in [2.45, 2.75) is 6.92 Å². The van der Waals surface area contributed by atoms with Gasteiger partial charge in [0.2, 0.25) is 11.6 Å². The molecule has 0 radical (unpaired) electrons. The average Bonchev–Trinajstić information content (AvgIpc) is 2.43. The highest BCUT2D eigenvalue weighted by Crippen LogP contribution is 2.32. The summed E-state index contributed by atoms with van der Waals surface area (Å²) < 4.78 is 27.2. The zero-order chi connectivity index (χ0) is 15.4. The van der Waals surface area contributed by atoms with E-state index in [1.807, 2.05) is 0 Å². The Bertz CT molecular complexity index is 660. The molecule has 0 amide bonds. The molecule has 2 aromatic rings. The van der Waals surface area contributed by atoms with Gasteiger partial charge in [-0.2, -0.15) is 0 Å². The fraction of sp³-hybridized carbons (Fsp3) is 0.167. The van der Waals surface area contributed by atoms with Crippen molar-refractivity contribution in [3.05, 3.63) is 46.3 Å². The Morgan fingerprint density at radius 1 is 1.24 bits per heavy atom. The quantitative estimate of drug-likeness (QED) is 0.651. The summed E-state index contributed by atoms with van der Waals surface area (Å²) in [6, 6.07) is 3.25. The van der Waals surface area contributed by atoms with Crippen LogP contribution in [0.3, 0.4) is 0 Å². The number of hydrogen-bond donors (Lipinski definition) is 2. The first kappa shape index (κ1) is 14.6. The van der Waals surface area contributed by atoms with Crippen LogP contribution in [-0.2, 0) is 0 Å². The van der Waals surface area contributed by atoms with Crippen molar-refractivity contribution in [2.75, 3.05) is 17.2 Å². The maximum Gasteiger partial charge on any atom is 0.353 e. The second kappa shape index (κ2) is 6.07. The van der Waals surface area contributed by atoms with Gasteiger partial charge < -0.3 is 10.6 Å². The summed E-state index contributed by atoms with van der Waals surface area (Å²) in [7, 11) is 0. The predicted molar refractivity (Wildman–Crippen MR) is 72.5 cm³/mol. The lowest BCUT2D eigenvalue weighted by Gasteiger charge is -2.10. The fourth-order valence-electron chi connectivity index (χ4n) is 1.68. The number of benzene rings is 1. The standard InChI is InChI=1S/C12H11F2N5O2/c1-2-15-11-10(19(20)21)12(17-6-16-11)18-9-7(13)4-3-5-8(9)14/h3-6H,2H2,1H3,(H2,15,16,17,18). The minimum absolute atomic E-state index is 0.0308. The third-order valence-electron chi connectivity index (χ3n) is 2.56. The SMILES string of the molecule is CCNc1ncnc(Nc2c(F)cccc2F)c1[N+](=O)[O-]. The Hall–Kier alpha value is -2.84. The number of nitrogens with one attached hydrogen (secondary N) is 2. The Morgan fingerprint density at radius 2 is 1.86 bits per heavy atom. The van der Waals surface area contributed by atoms with E-state index in [9.17, 15) is 18.9 Å². The highest BCUT2D eigenvalue weighted by molar-refractivity contribution is 5.74. The number of nitro groups is 1. The number of rotatable bonds is 5. The molecule has 0 bridgehead atoms. The molecule has 2 rings (SSSR count). The minimum Gasteiger partial charge on any atom is -0.364 e. The number of para-hydroxylation sites is 1. The first-order chi connectivity index (χ1) is 10.0. The zero-order valence-corrected chi connectivity index (χ0v) is 10.9. The van der Waals surface area contributed by atoms with Crippen LogP contribution in [0.2, 0.25) is 0 Å². The average molecular weight is 295 g/mol. The molecule has 0 atom stereocenters. The van der Waals surface area contributed by atoms with E-state index in [1.165, 1.54) is 6.07 Å². The van der Waals surface area contributed by atoms with Gasteiger partial charge in [0.15, 0.2) is 0 Å². The van der Waals surface area contributed by atoms with Crippen molar-refractivity contribution in [3.63, 3.8) is 0 Å². The van der Waals surface area contributed by atoms with Crippen LogP contribution in [0.25, 0.3) is 0 Å². The van der Waals surface area contributed by atoms with Gasteiger partial charge >= 0.3 is 5.69 Å². The van der Waals surface area contributed by atoms with Gasteiger partial charge in [0.25, 0.3) is 0 Å². The van der Waals surface area contributed by atoms with Crippen molar-refractivity contribution in [1.82, 2.24) is 9.97 Å². The van der Waals surface area contributed by atoms with E-state index in [4.69, 9.17) is 0 Å². The van der Waals surface area contributed by atoms with Crippen molar-refractivity contribution in [1.29, 1.82) is 0 Å². The summed E-state index contributed by atoms with van der Waals surface area (Å²) >= 11 is 0. The molecule has 1 heterocycles. The summed E-state index contributed by atoms with van der Waals surface area (Å²) in [5.74, 6) is -2.09. The van der Waals surface area contributed by atoms with Crippen LogP contribution in [-0.4, -0.2) is 21.4 Å². The molecule has 7 nitrogen and oxygen atoms in total. The molecule has 21 heavy (non-hydrogen) atoms. The van der Waals surface area contributed by atoms with Crippen LogP contribution in [0.5, 0.6) is 0 Å². The normalized spacial score (nSPS) is 10.2. The molecule has 0 aliphatic heterocycles. The largest absolute Gasteiger partial charge is 0.364 e. The van der Waals surface area contributed by atoms with Crippen LogP contribution < -0.4 is 10.6 Å². The molecule has 0 spiro atoms. The van der Waals surface area contributed by atoms with Crippen LogP contribution in [0, 0.1) is 21.7 Å². The Balaban J connectivity index is 2.49. The van der Waals surface area contributed by atoms with Gasteiger partial charge in [0.1, 0.15) is 23.6 Å². The molecule has 1 aromatic heterocycles. The number of nitrogens with zero attached hydrogens (tertiary/aromatic N) is 3. The van der Waals surface area contributed by atoms with E-state index in [0.717, 1.165) is 18.5 Å². The lowest BCUT2D eigenvalue weighted by atomic mass is 10.3. The van der Waals surface area contributed by atoms with Crippen molar-refractivity contribution >= 4 is 23.0 Å². The third-order valence-corrected chi connectivity index (χ3v) is 2.56. The molecule has 0 unspecified atom stereocenters. The summed E-state index contributed by atoms with van der Waals surface area (Å²) in [4.78, 5) is 17.8. The Labute approximate surface area is 118 Å². The van der Waals surface area contributed by atoms with E-state index in [-0.39, 0.29) is 11.6 Å². The lowest BCUT2D eigenvalue weighted by molar-refractivity contribution is -0.383. The van der Waals surface area contributed by atoms with E-state index in [0.29, 0.717) is 6.54 Å². The zero-order valence-electron chi connectivity index (χ0n) is 10.9. The number of halogens is 2. The third kappa shape index (κ3) is 3.02. The van der Waals surface area contributed by atoms with Gasteiger partial charge in [-0.3, -0.25) is 10.1 Å². The van der Waals surface area contributed by atoms with Crippen LogP contribution >= 0.6 is 0 Å². The molecule has 2 N–H and O–H groups in total. The molecule has 110 valence electrons. The molecular formula is C12H11F2N5O2. The van der Waals surface area contributed by atoms with E-state index >= 15 is 0 Å². The predicted octanol–water partition coefficient (Wildman–Crippen LogP) is 2.84. The van der Waals surface area contributed by atoms with E-state index in [2.05, 4.69) is 20.6 Å². The van der Waals surface area contributed by atoms with Gasteiger partial charge in [0.05, 0.1) is 4.92 Å². The van der Waals surface area contributed by atoms with E-state index in [1.54, 1.807) is 6.92 Å². The Morgan fingerprint density at radius 3 is 2.43 bits per heavy atom. The molecule has 0 aliphatic carbocycles. The summed E-state index contributed by atoms with van der Waals surface area (Å²) in [5, 5.41) is 16.1. The molecule has 0 saturated carbocycles. The number of anilines is 3. The van der Waals surface area contributed by atoms with Crippen LogP contribution in [0.4, 0.5) is 31.8 Å². The molecule has 0 saturated heterocycles. The molecular weight excluding hydrogens is 284 g/mol. The Kier molecular flexibility index (Phi) is 4.21. The molecule has 0 aliphatic rings. The smallest absolute Gasteiger partial charge is 0.353 e. The highest BCUT2D eigenvalue weighted by atomic mass is 19.1. The van der Waals surface area contributed by atoms with Crippen LogP contribution in [0.1, 0.15) is 6.92 Å². The minimum atomic E-state index is -0.882. The second-order valence-electron chi connectivity index (χ2n) is 3.93. The second-order valence-corrected chi connectivity index (χ2v) is 3.93. The topological polar surface area (TPSA) is 93.0 Å². The fourth-order valence-corrected chi connectivity index (χ4v) is 1.68. The summed E-state index contributed by atoms with van der Waals surface area (Å²) in [6.45, 7) is 2.13. The summed E-state index contributed by atoms with van der Waals surface area (Å²) in [6.07, 6.45) is 1.06. The highest BCUT2D eigenvalue weighted by Gasteiger charge is 2.24. The lowest BCUT2D eigenvalue weighted by Crippen LogP contribution is -2.08. The maximum atomic E-state index is 13.6. The summed E-state index contributed by atoms with van der Waals surface area (Å²) in [5.41, 5.74) is -0.997. The maximum absolute atomic E-state index is 13.6. The van der Waals surface area contributed by atoms with Crippen molar-refractivity contribution in [2.24, 2.45) is 0 Å². The van der Waals surface area contributed by atoms with Gasteiger partial charge in [-0.25, -0.2) is 18.7 Å². The van der Waals surface area contributed by atoms with Crippen molar-refractivity contribution in [3.8, 4) is 0 Å². The van der Waals surface area contributed by atoms with E-state index < -0.39 is 27.9 Å². The van der Waals surface area contributed by atoms with Gasteiger partial charge in [-0.05, 0) is 19.1 Å². The molecule has 1 aromatic carbocycles. The first-order valence-electron chi connectivity index (χ1n) is 5.99. The van der Waals surface area contributed by atoms with Crippen molar-refractivity contribution < 1.29 is 13.7 Å². The van der Waals surface area contributed by atoms with Gasteiger partial charge in [-0.15, -0.1) is 0 Å². The monoisotopic (exact) mass is 295 g/mol.